The summed E-state index contributed by atoms with van der Waals surface area (Å²) in [7, 11) is 1.59. The number of ether oxygens (including phenoxy) is 1. The molecule has 1 N–H and O–H groups in total. The zero-order chi connectivity index (χ0) is 17.4. The number of para-hydroxylation sites is 1. The van der Waals surface area contributed by atoms with E-state index in [0.29, 0.717) is 23.6 Å². The number of hydrogen-bond acceptors (Lipinski definition) is 3. The summed E-state index contributed by atoms with van der Waals surface area (Å²) in [5.74, 6) is 0.187. The van der Waals surface area contributed by atoms with Gasteiger partial charge >= 0.3 is 0 Å². The maximum absolute atomic E-state index is 12.3. The van der Waals surface area contributed by atoms with Gasteiger partial charge in [0.1, 0.15) is 12.4 Å². The topological polar surface area (TPSA) is 58.6 Å². The summed E-state index contributed by atoms with van der Waals surface area (Å²) in [6.45, 7) is 3.96. The molecule has 0 aliphatic carbocycles. The minimum Gasteiger partial charge on any atom is -0.490 e. The smallest absolute Gasteiger partial charge is 0.254 e. The maximum atomic E-state index is 12.3. The highest BCUT2D eigenvalue weighted by Crippen LogP contribution is 2.13. The summed E-state index contributed by atoms with van der Waals surface area (Å²) >= 11 is 0. The average Bonchev–Trinajstić information content (AvgIpc) is 2.60. The zero-order valence-electron chi connectivity index (χ0n) is 13.6. The number of rotatable bonds is 7. The molecule has 0 atom stereocenters. The Morgan fingerprint density at radius 2 is 1.79 bits per heavy atom. The Kier molecular flexibility index (Phi) is 6.14. The Balaban J connectivity index is 1.91. The van der Waals surface area contributed by atoms with Crippen LogP contribution in [-0.4, -0.2) is 36.9 Å². The molecule has 0 bridgehead atoms. The van der Waals surface area contributed by atoms with Crippen molar-refractivity contribution in [1.82, 2.24) is 4.90 Å². The molecule has 2 rings (SSSR count). The van der Waals surface area contributed by atoms with E-state index in [-0.39, 0.29) is 18.4 Å². The third-order valence-corrected chi connectivity index (χ3v) is 3.25. The van der Waals surface area contributed by atoms with Crippen molar-refractivity contribution in [3.63, 3.8) is 0 Å². The molecule has 0 saturated heterocycles. The lowest BCUT2D eigenvalue weighted by Crippen LogP contribution is -2.34. The van der Waals surface area contributed by atoms with Crippen molar-refractivity contribution in [3.05, 3.63) is 72.8 Å². The quantitative estimate of drug-likeness (QED) is 0.797. The van der Waals surface area contributed by atoms with Crippen LogP contribution in [0.25, 0.3) is 0 Å². The normalized spacial score (nSPS) is 9.88. The van der Waals surface area contributed by atoms with Crippen LogP contribution in [0.5, 0.6) is 5.75 Å². The molecule has 2 amide bonds. The first-order valence-electron chi connectivity index (χ1n) is 7.54. The summed E-state index contributed by atoms with van der Waals surface area (Å²) in [4.78, 5) is 25.7. The Morgan fingerprint density at radius 1 is 1.12 bits per heavy atom. The van der Waals surface area contributed by atoms with Gasteiger partial charge in [-0.25, -0.2) is 0 Å². The fraction of sp³-hybridized carbons (Fsp3) is 0.158. The predicted molar refractivity (Wildman–Crippen MR) is 94.2 cm³/mol. The molecule has 0 aromatic heterocycles. The highest BCUT2D eigenvalue weighted by molar-refractivity contribution is 5.99. The van der Waals surface area contributed by atoms with Crippen LogP contribution in [0.4, 0.5) is 5.69 Å². The molecule has 0 aliphatic heterocycles. The van der Waals surface area contributed by atoms with Gasteiger partial charge in [0.15, 0.2) is 0 Å². The third kappa shape index (κ3) is 4.98. The van der Waals surface area contributed by atoms with Crippen LogP contribution >= 0.6 is 0 Å². The molecule has 0 radical (unpaired) electrons. The van der Waals surface area contributed by atoms with Crippen molar-refractivity contribution >= 4 is 17.5 Å². The van der Waals surface area contributed by atoms with E-state index in [1.54, 1.807) is 49.5 Å². The molecule has 0 heterocycles. The molecule has 0 unspecified atom stereocenters. The Bertz CT molecular complexity index is 696. The van der Waals surface area contributed by atoms with Crippen molar-refractivity contribution in [3.8, 4) is 5.75 Å². The molecule has 2 aromatic carbocycles. The predicted octanol–water partition coefficient (Wildman–Crippen LogP) is 2.96. The zero-order valence-corrected chi connectivity index (χ0v) is 13.6. The number of carbonyl (C=O) groups is 2. The van der Waals surface area contributed by atoms with Gasteiger partial charge in [-0.15, -0.1) is 0 Å². The van der Waals surface area contributed by atoms with Gasteiger partial charge in [-0.1, -0.05) is 30.9 Å². The molecule has 124 valence electrons. The maximum Gasteiger partial charge on any atom is 0.254 e. The number of carbonyl (C=O) groups excluding carboxylic acids is 2. The van der Waals surface area contributed by atoms with Crippen LogP contribution < -0.4 is 10.1 Å². The fourth-order valence-electron chi connectivity index (χ4n) is 2.08. The van der Waals surface area contributed by atoms with Crippen LogP contribution in [0.1, 0.15) is 10.4 Å². The van der Waals surface area contributed by atoms with Crippen LogP contribution in [0.15, 0.2) is 67.3 Å². The van der Waals surface area contributed by atoms with Crippen molar-refractivity contribution in [2.24, 2.45) is 0 Å². The van der Waals surface area contributed by atoms with Gasteiger partial charge in [-0.3, -0.25) is 9.59 Å². The van der Waals surface area contributed by atoms with Crippen LogP contribution in [-0.2, 0) is 4.79 Å². The van der Waals surface area contributed by atoms with Gasteiger partial charge in [-0.05, 0) is 36.4 Å². The van der Waals surface area contributed by atoms with Gasteiger partial charge in [0, 0.05) is 18.3 Å². The van der Waals surface area contributed by atoms with E-state index < -0.39 is 0 Å². The lowest BCUT2D eigenvalue weighted by molar-refractivity contribution is -0.116. The lowest BCUT2D eigenvalue weighted by Gasteiger charge is -2.17. The fourth-order valence-corrected chi connectivity index (χ4v) is 2.08. The molecule has 24 heavy (non-hydrogen) atoms. The molecular weight excluding hydrogens is 304 g/mol. The molecular formula is C19H20N2O3. The summed E-state index contributed by atoms with van der Waals surface area (Å²) in [6.07, 6.45) is 1.65. The van der Waals surface area contributed by atoms with Crippen molar-refractivity contribution < 1.29 is 14.3 Å². The molecule has 5 heteroatoms. The summed E-state index contributed by atoms with van der Waals surface area (Å²) in [5, 5.41) is 2.75. The lowest BCUT2D eigenvalue weighted by atomic mass is 10.2. The van der Waals surface area contributed by atoms with Gasteiger partial charge < -0.3 is 15.0 Å². The monoisotopic (exact) mass is 324 g/mol. The van der Waals surface area contributed by atoms with Gasteiger partial charge in [-0.2, -0.15) is 0 Å². The molecule has 2 aromatic rings. The van der Waals surface area contributed by atoms with E-state index in [4.69, 9.17) is 4.74 Å². The van der Waals surface area contributed by atoms with Crippen LogP contribution in [0, 0.1) is 0 Å². The number of nitrogens with zero attached hydrogens (tertiary/aromatic N) is 1. The summed E-state index contributed by atoms with van der Waals surface area (Å²) in [5.41, 5.74) is 1.20. The first-order chi connectivity index (χ1) is 11.6. The van der Waals surface area contributed by atoms with Crippen molar-refractivity contribution in [2.45, 2.75) is 0 Å². The number of amides is 2. The average molecular weight is 324 g/mol. The molecule has 0 aliphatic rings. The summed E-state index contributed by atoms with van der Waals surface area (Å²) < 4.78 is 5.37. The van der Waals surface area contributed by atoms with E-state index in [1.165, 1.54) is 4.90 Å². The molecule has 0 spiro atoms. The van der Waals surface area contributed by atoms with Gasteiger partial charge in [0.05, 0.1) is 6.54 Å². The highest BCUT2D eigenvalue weighted by Gasteiger charge is 2.15. The second kappa shape index (κ2) is 8.53. The molecule has 5 nitrogen and oxygen atoms in total. The minimum absolute atomic E-state index is 0.0254. The Hall–Kier alpha value is -3.08. The second-order valence-corrected chi connectivity index (χ2v) is 5.20. The second-order valence-electron chi connectivity index (χ2n) is 5.20. The highest BCUT2D eigenvalue weighted by atomic mass is 16.5. The van der Waals surface area contributed by atoms with Crippen LogP contribution in [0.3, 0.4) is 0 Å². The van der Waals surface area contributed by atoms with Crippen molar-refractivity contribution in [2.75, 3.05) is 25.5 Å². The number of likely N-dealkylation sites (N-methyl/N-ethyl adjacent to an activating group) is 1. The van der Waals surface area contributed by atoms with Crippen LogP contribution in [0.2, 0.25) is 0 Å². The SMILES string of the molecule is C=CCOc1ccc(C(=O)N(C)CC(=O)Nc2ccccc2)cc1. The summed E-state index contributed by atoms with van der Waals surface area (Å²) in [6, 6.07) is 15.9. The standard InChI is InChI=1S/C19H20N2O3/c1-3-13-24-17-11-9-15(10-12-17)19(23)21(2)14-18(22)20-16-7-5-4-6-8-16/h3-12H,1,13-14H2,2H3,(H,20,22). The number of benzene rings is 2. The third-order valence-electron chi connectivity index (χ3n) is 3.25. The Labute approximate surface area is 141 Å². The van der Waals surface area contributed by atoms with E-state index in [9.17, 15) is 9.59 Å². The van der Waals surface area contributed by atoms with Gasteiger partial charge in [0.25, 0.3) is 5.91 Å². The molecule has 0 fully saturated rings. The number of nitrogens with one attached hydrogen (secondary N) is 1. The minimum atomic E-state index is -0.247. The van der Waals surface area contributed by atoms with E-state index in [0.717, 1.165) is 0 Å². The van der Waals surface area contributed by atoms with Crippen molar-refractivity contribution in [1.29, 1.82) is 0 Å². The van der Waals surface area contributed by atoms with E-state index >= 15 is 0 Å². The van der Waals surface area contributed by atoms with E-state index in [2.05, 4.69) is 11.9 Å². The Morgan fingerprint density at radius 3 is 2.42 bits per heavy atom. The van der Waals surface area contributed by atoms with E-state index in [1.807, 2.05) is 18.2 Å². The first-order valence-corrected chi connectivity index (χ1v) is 7.54. The number of anilines is 1. The van der Waals surface area contributed by atoms with Gasteiger partial charge in [0.2, 0.25) is 5.91 Å². The molecule has 0 saturated carbocycles. The number of hydrogen-bond donors (Lipinski definition) is 1. The first kappa shape index (κ1) is 17.3. The largest absolute Gasteiger partial charge is 0.490 e.